The number of benzene rings is 1. The highest BCUT2D eigenvalue weighted by Crippen LogP contribution is 2.21. The van der Waals surface area contributed by atoms with E-state index in [-0.39, 0.29) is 11.3 Å². The lowest BCUT2D eigenvalue weighted by molar-refractivity contribution is 0.0694. The number of urea groups is 1. The van der Waals surface area contributed by atoms with E-state index in [0.29, 0.717) is 12.2 Å². The summed E-state index contributed by atoms with van der Waals surface area (Å²) >= 11 is 1.61. The van der Waals surface area contributed by atoms with E-state index in [4.69, 9.17) is 5.11 Å². The van der Waals surface area contributed by atoms with Crippen molar-refractivity contribution in [1.29, 1.82) is 0 Å². The first-order chi connectivity index (χ1) is 8.54. The molecule has 0 spiro atoms. The van der Waals surface area contributed by atoms with Crippen LogP contribution in [-0.2, 0) is 0 Å². The van der Waals surface area contributed by atoms with Crippen molar-refractivity contribution in [1.82, 2.24) is 5.32 Å². The predicted octanol–water partition coefficient (Wildman–Crippen LogP) is 1.57. The number of hydrogen-bond acceptors (Lipinski definition) is 4. The van der Waals surface area contributed by atoms with E-state index in [1.54, 1.807) is 11.8 Å². The first-order valence-corrected chi connectivity index (χ1v) is 6.54. The summed E-state index contributed by atoms with van der Waals surface area (Å²) in [5.41, 5.74) is 0.127. The molecule has 0 aliphatic carbocycles. The summed E-state index contributed by atoms with van der Waals surface area (Å²) < 4.78 is 0. The Morgan fingerprint density at radius 1 is 1.39 bits per heavy atom. The summed E-state index contributed by atoms with van der Waals surface area (Å²) in [4.78, 5) is 22.1. The van der Waals surface area contributed by atoms with Gasteiger partial charge in [-0.2, -0.15) is 11.8 Å². The minimum Gasteiger partial charge on any atom is -0.507 e. The Bertz CT molecular complexity index is 451. The van der Waals surface area contributed by atoms with E-state index in [1.165, 1.54) is 18.2 Å². The number of carboxylic acid groups (broad SMARTS) is 1. The molecule has 0 saturated carbocycles. The minimum absolute atomic E-state index is 0.205. The lowest BCUT2D eigenvalue weighted by atomic mass is 10.2. The van der Waals surface area contributed by atoms with Gasteiger partial charge in [-0.25, -0.2) is 9.59 Å². The zero-order valence-electron chi connectivity index (χ0n) is 9.77. The molecule has 0 fully saturated rings. The average Bonchev–Trinajstić information content (AvgIpc) is 2.28. The highest BCUT2D eigenvalue weighted by molar-refractivity contribution is 7.98. The van der Waals surface area contributed by atoms with Crippen molar-refractivity contribution in [3.05, 3.63) is 23.8 Å². The average molecular weight is 270 g/mol. The third-order valence-electron chi connectivity index (χ3n) is 2.08. The maximum atomic E-state index is 11.4. The normalized spacial score (nSPS) is 9.83. The molecule has 2 amide bonds. The molecule has 98 valence electrons. The monoisotopic (exact) mass is 270 g/mol. The van der Waals surface area contributed by atoms with Gasteiger partial charge in [-0.05, 0) is 18.4 Å². The number of carbonyl (C=O) groups excluding carboxylic acids is 1. The Morgan fingerprint density at radius 3 is 2.67 bits per heavy atom. The quantitative estimate of drug-likeness (QED) is 0.609. The third kappa shape index (κ3) is 4.17. The fourth-order valence-corrected chi connectivity index (χ4v) is 1.54. The summed E-state index contributed by atoms with van der Waals surface area (Å²) in [6.45, 7) is 0.534. The van der Waals surface area contributed by atoms with Gasteiger partial charge in [0.05, 0.1) is 0 Å². The molecular formula is C11H14N2O4S. The summed E-state index contributed by atoms with van der Waals surface area (Å²) in [6, 6.07) is 3.44. The van der Waals surface area contributed by atoms with Gasteiger partial charge >= 0.3 is 12.0 Å². The molecule has 6 nitrogen and oxygen atoms in total. The Kier molecular flexibility index (Phi) is 5.31. The van der Waals surface area contributed by atoms with Gasteiger partial charge in [0.25, 0.3) is 0 Å². The van der Waals surface area contributed by atoms with Gasteiger partial charge in [-0.1, -0.05) is 0 Å². The van der Waals surface area contributed by atoms with Gasteiger partial charge in [0.2, 0.25) is 0 Å². The molecule has 1 aromatic carbocycles. The second kappa shape index (κ2) is 6.75. The van der Waals surface area contributed by atoms with Crippen LogP contribution < -0.4 is 10.6 Å². The minimum atomic E-state index is -1.22. The molecule has 1 rings (SSSR count). The first-order valence-electron chi connectivity index (χ1n) is 5.14. The maximum Gasteiger partial charge on any atom is 0.339 e. The number of rotatable bonds is 5. The second-order valence-electron chi connectivity index (χ2n) is 3.41. The molecule has 0 atom stereocenters. The number of thioether (sulfide) groups is 1. The third-order valence-corrected chi connectivity index (χ3v) is 2.69. The number of nitrogens with one attached hydrogen (secondary N) is 2. The lowest BCUT2D eigenvalue weighted by Gasteiger charge is -2.08. The lowest BCUT2D eigenvalue weighted by Crippen LogP contribution is -2.30. The molecule has 1 aromatic rings. The van der Waals surface area contributed by atoms with Crippen LogP contribution in [0.15, 0.2) is 18.2 Å². The molecule has 7 heteroatoms. The van der Waals surface area contributed by atoms with Crippen molar-refractivity contribution in [3.8, 4) is 5.75 Å². The number of carbonyl (C=O) groups is 2. The van der Waals surface area contributed by atoms with E-state index in [1.807, 2.05) is 6.26 Å². The van der Waals surface area contributed by atoms with Gasteiger partial charge in [-0.3, -0.25) is 0 Å². The summed E-state index contributed by atoms with van der Waals surface area (Å²) in [5, 5.41) is 23.3. The van der Waals surface area contributed by atoms with Crippen LogP contribution in [0.5, 0.6) is 5.75 Å². The smallest absolute Gasteiger partial charge is 0.339 e. The molecule has 0 aliphatic heterocycles. The van der Waals surface area contributed by atoms with Crippen molar-refractivity contribution in [2.45, 2.75) is 0 Å². The van der Waals surface area contributed by atoms with Crippen LogP contribution in [0.4, 0.5) is 10.5 Å². The zero-order valence-corrected chi connectivity index (χ0v) is 10.6. The van der Waals surface area contributed by atoms with Crippen LogP contribution in [-0.4, -0.2) is 40.8 Å². The molecule has 4 N–H and O–H groups in total. The number of anilines is 1. The number of carboxylic acids is 1. The summed E-state index contributed by atoms with van der Waals surface area (Å²) in [5.74, 6) is -0.802. The van der Waals surface area contributed by atoms with Crippen molar-refractivity contribution >= 4 is 29.4 Å². The highest BCUT2D eigenvalue weighted by Gasteiger charge is 2.10. The molecule has 0 aromatic heterocycles. The first kappa shape index (κ1) is 14.2. The van der Waals surface area contributed by atoms with E-state index >= 15 is 0 Å². The number of phenols is 1. The zero-order chi connectivity index (χ0) is 13.5. The fourth-order valence-electron chi connectivity index (χ4n) is 1.23. The van der Waals surface area contributed by atoms with Crippen LogP contribution >= 0.6 is 11.8 Å². The molecule has 0 unspecified atom stereocenters. The number of aromatic carboxylic acids is 1. The van der Waals surface area contributed by atoms with Crippen molar-refractivity contribution in [2.24, 2.45) is 0 Å². The van der Waals surface area contributed by atoms with E-state index in [2.05, 4.69) is 10.6 Å². The Labute approximate surface area is 108 Å². The van der Waals surface area contributed by atoms with E-state index in [0.717, 1.165) is 5.75 Å². The maximum absolute atomic E-state index is 11.4. The Morgan fingerprint density at radius 2 is 2.11 bits per heavy atom. The molecule has 18 heavy (non-hydrogen) atoms. The Hall–Kier alpha value is -1.89. The van der Waals surface area contributed by atoms with Crippen molar-refractivity contribution < 1.29 is 19.8 Å². The molecule has 0 bridgehead atoms. The van der Waals surface area contributed by atoms with Crippen LogP contribution in [0.25, 0.3) is 0 Å². The van der Waals surface area contributed by atoms with Crippen LogP contribution in [0.1, 0.15) is 10.4 Å². The van der Waals surface area contributed by atoms with Gasteiger partial charge in [-0.15, -0.1) is 0 Å². The number of hydrogen-bond donors (Lipinski definition) is 4. The summed E-state index contributed by atoms with van der Waals surface area (Å²) in [7, 11) is 0. The second-order valence-corrected chi connectivity index (χ2v) is 4.40. The van der Waals surface area contributed by atoms with E-state index < -0.39 is 12.0 Å². The van der Waals surface area contributed by atoms with Gasteiger partial charge in [0, 0.05) is 24.1 Å². The Balaban J connectivity index is 2.60. The molecular weight excluding hydrogens is 256 g/mol. The standard InChI is InChI=1S/C11H14N2O4S/c1-18-5-4-12-11(17)13-7-2-3-8(10(15)16)9(14)6-7/h2-3,6,14H,4-5H2,1H3,(H,15,16)(H2,12,13,17). The van der Waals surface area contributed by atoms with Gasteiger partial charge in [0.1, 0.15) is 11.3 Å². The molecule has 0 radical (unpaired) electrons. The summed E-state index contributed by atoms with van der Waals surface area (Å²) in [6.07, 6.45) is 1.93. The van der Waals surface area contributed by atoms with Crippen LogP contribution in [0.3, 0.4) is 0 Å². The predicted molar refractivity (Wildman–Crippen MR) is 70.5 cm³/mol. The van der Waals surface area contributed by atoms with Gasteiger partial charge in [0.15, 0.2) is 0 Å². The van der Waals surface area contributed by atoms with Crippen LogP contribution in [0, 0.1) is 0 Å². The van der Waals surface area contributed by atoms with Crippen LogP contribution in [0.2, 0.25) is 0 Å². The molecule has 0 saturated heterocycles. The number of aromatic hydroxyl groups is 1. The highest BCUT2D eigenvalue weighted by atomic mass is 32.2. The molecule has 0 aliphatic rings. The van der Waals surface area contributed by atoms with Crippen molar-refractivity contribution in [3.63, 3.8) is 0 Å². The van der Waals surface area contributed by atoms with Gasteiger partial charge < -0.3 is 20.8 Å². The topological polar surface area (TPSA) is 98.7 Å². The largest absolute Gasteiger partial charge is 0.507 e. The van der Waals surface area contributed by atoms with Crippen molar-refractivity contribution in [2.75, 3.05) is 23.9 Å². The fraction of sp³-hybridized carbons (Fsp3) is 0.273. The van der Waals surface area contributed by atoms with E-state index in [9.17, 15) is 14.7 Å². The SMILES string of the molecule is CSCCNC(=O)Nc1ccc(C(=O)O)c(O)c1. The molecule has 0 heterocycles. The number of amides is 2.